The van der Waals surface area contributed by atoms with Gasteiger partial charge in [-0.25, -0.2) is 14.7 Å². The lowest BCUT2D eigenvalue weighted by molar-refractivity contribution is -0.384. The van der Waals surface area contributed by atoms with Crippen molar-refractivity contribution in [3.63, 3.8) is 0 Å². The van der Waals surface area contributed by atoms with Gasteiger partial charge in [0.25, 0.3) is 5.91 Å². The second-order valence-electron chi connectivity index (χ2n) is 8.12. The summed E-state index contributed by atoms with van der Waals surface area (Å²) in [6.45, 7) is 3.06. The summed E-state index contributed by atoms with van der Waals surface area (Å²) in [5, 5.41) is 14.6. The monoisotopic (exact) mass is 467 g/mol. The van der Waals surface area contributed by atoms with Gasteiger partial charge in [0.15, 0.2) is 0 Å². The Morgan fingerprint density at radius 1 is 1.21 bits per heavy atom. The van der Waals surface area contributed by atoms with Gasteiger partial charge in [0.2, 0.25) is 11.7 Å². The molecule has 4 rings (SSSR count). The Hall–Kier alpha value is -3.86. The van der Waals surface area contributed by atoms with Crippen LogP contribution in [-0.2, 0) is 14.3 Å². The van der Waals surface area contributed by atoms with Gasteiger partial charge in [-0.1, -0.05) is 0 Å². The highest BCUT2D eigenvalue weighted by Gasteiger charge is 2.41. The Bertz CT molecular complexity index is 1100. The maximum absolute atomic E-state index is 13.0. The molecule has 0 spiro atoms. The molecule has 0 aliphatic carbocycles. The summed E-state index contributed by atoms with van der Waals surface area (Å²) in [6.07, 6.45) is 2.88. The molecule has 2 aliphatic heterocycles. The van der Waals surface area contributed by atoms with Crippen molar-refractivity contribution < 1.29 is 24.0 Å². The van der Waals surface area contributed by atoms with Crippen molar-refractivity contribution in [2.24, 2.45) is 0 Å². The molecule has 0 radical (unpaired) electrons. The van der Waals surface area contributed by atoms with E-state index in [0.717, 1.165) is 4.90 Å². The highest BCUT2D eigenvalue weighted by molar-refractivity contribution is 6.22. The number of hydrogen-bond acceptors (Lipinski definition) is 9. The Kier molecular flexibility index (Phi) is 6.82. The quantitative estimate of drug-likeness (QED) is 0.281. The minimum absolute atomic E-state index is 0.00749. The van der Waals surface area contributed by atoms with E-state index in [1.54, 1.807) is 19.1 Å². The van der Waals surface area contributed by atoms with Gasteiger partial charge in [0.1, 0.15) is 0 Å². The molecule has 1 aromatic heterocycles. The van der Waals surface area contributed by atoms with Crippen LogP contribution >= 0.6 is 0 Å². The lowest BCUT2D eigenvalue weighted by Gasteiger charge is -2.33. The second kappa shape index (κ2) is 9.96. The number of carbonyl (C=O) groups is 3. The molecule has 34 heavy (non-hydrogen) atoms. The van der Waals surface area contributed by atoms with E-state index in [4.69, 9.17) is 4.74 Å². The van der Waals surface area contributed by atoms with Crippen molar-refractivity contribution in [2.45, 2.75) is 38.3 Å². The number of benzene rings is 1. The van der Waals surface area contributed by atoms with Gasteiger partial charge in [-0.2, -0.15) is 0 Å². The summed E-state index contributed by atoms with van der Waals surface area (Å²) in [7, 11) is 0. The Balaban J connectivity index is 1.36. The van der Waals surface area contributed by atoms with Crippen LogP contribution in [0.15, 0.2) is 42.6 Å². The maximum atomic E-state index is 13.0. The zero-order valence-electron chi connectivity index (χ0n) is 18.7. The summed E-state index contributed by atoms with van der Waals surface area (Å²) >= 11 is 0. The number of aromatic nitrogens is 1. The zero-order valence-corrected chi connectivity index (χ0v) is 18.7. The minimum atomic E-state index is -0.641. The summed E-state index contributed by atoms with van der Waals surface area (Å²) in [4.78, 5) is 55.4. The number of imide groups is 1. The van der Waals surface area contributed by atoms with Crippen molar-refractivity contribution in [3.05, 3.63) is 58.3 Å². The Morgan fingerprint density at radius 2 is 1.91 bits per heavy atom. The van der Waals surface area contributed by atoms with Crippen LogP contribution in [0.4, 0.5) is 17.2 Å². The molecule has 2 fully saturated rings. The van der Waals surface area contributed by atoms with Crippen molar-refractivity contribution in [2.75, 3.05) is 29.5 Å². The number of esters is 1. The number of nitrogens with zero attached hydrogens (tertiary/aromatic N) is 4. The maximum Gasteiger partial charge on any atom is 0.338 e. The molecule has 0 saturated carbocycles. The summed E-state index contributed by atoms with van der Waals surface area (Å²) < 4.78 is 4.95. The minimum Gasteiger partial charge on any atom is -0.462 e. The molecule has 178 valence electrons. The van der Waals surface area contributed by atoms with Crippen molar-refractivity contribution in [1.29, 1.82) is 0 Å². The molecule has 1 unspecified atom stereocenters. The van der Waals surface area contributed by atoms with E-state index in [0.29, 0.717) is 43.0 Å². The zero-order chi connectivity index (χ0) is 24.2. The van der Waals surface area contributed by atoms with Crippen LogP contribution in [0.5, 0.6) is 0 Å². The highest BCUT2D eigenvalue weighted by Crippen LogP contribution is 2.28. The fourth-order valence-corrected chi connectivity index (χ4v) is 4.31. The molecule has 2 aromatic rings. The van der Waals surface area contributed by atoms with Gasteiger partial charge in [-0.05, 0) is 50.1 Å². The van der Waals surface area contributed by atoms with Crippen LogP contribution in [0, 0.1) is 10.1 Å². The summed E-state index contributed by atoms with van der Waals surface area (Å²) in [5.74, 6) is -0.768. The molecule has 0 bridgehead atoms. The number of amides is 2. The van der Waals surface area contributed by atoms with Gasteiger partial charge in [-0.15, -0.1) is 0 Å². The molecule has 1 aromatic carbocycles. The summed E-state index contributed by atoms with van der Waals surface area (Å²) in [5.41, 5.74) is 0.721. The SMILES string of the molecule is CCOC(=O)c1ccc(N2C(=O)CC(NC3CCN(c4ncccc4[N+](=O)[O-])CC3)C2=O)cc1. The first-order valence-electron chi connectivity index (χ1n) is 11.1. The average molecular weight is 467 g/mol. The van der Waals surface area contributed by atoms with Gasteiger partial charge in [0, 0.05) is 31.4 Å². The third kappa shape index (κ3) is 4.74. The number of pyridine rings is 1. The largest absolute Gasteiger partial charge is 0.462 e. The van der Waals surface area contributed by atoms with Crippen LogP contribution in [0.3, 0.4) is 0 Å². The van der Waals surface area contributed by atoms with E-state index in [9.17, 15) is 24.5 Å². The average Bonchev–Trinajstić information content (AvgIpc) is 3.12. The van der Waals surface area contributed by atoms with Crippen molar-refractivity contribution >= 4 is 35.0 Å². The number of piperidine rings is 1. The summed E-state index contributed by atoms with van der Waals surface area (Å²) in [6, 6.07) is 8.50. The Labute approximate surface area is 195 Å². The molecular weight excluding hydrogens is 442 g/mol. The standard InChI is InChI=1S/C23H25N5O6/c1-2-34-23(31)15-5-7-17(8-6-15)27-20(29)14-18(22(27)30)25-16-9-12-26(13-10-16)21-19(28(32)33)4-3-11-24-21/h3-8,11,16,18,25H,2,9-10,12-14H2,1H3. The number of nitro groups is 1. The number of hydrogen-bond donors (Lipinski definition) is 1. The second-order valence-corrected chi connectivity index (χ2v) is 8.12. The number of anilines is 2. The van der Waals surface area contributed by atoms with E-state index >= 15 is 0 Å². The lowest BCUT2D eigenvalue weighted by atomic mass is 10.0. The Morgan fingerprint density at radius 3 is 2.56 bits per heavy atom. The molecule has 2 aliphatic rings. The molecular formula is C23H25N5O6. The number of rotatable bonds is 7. The lowest BCUT2D eigenvalue weighted by Crippen LogP contribution is -2.49. The molecule has 2 saturated heterocycles. The normalized spacial score (nSPS) is 18.9. The van der Waals surface area contributed by atoms with E-state index in [2.05, 4.69) is 10.3 Å². The fourth-order valence-electron chi connectivity index (χ4n) is 4.31. The number of carbonyl (C=O) groups excluding carboxylic acids is 3. The van der Waals surface area contributed by atoms with E-state index in [-0.39, 0.29) is 36.6 Å². The van der Waals surface area contributed by atoms with Crippen LogP contribution in [0.1, 0.15) is 36.5 Å². The first kappa shape index (κ1) is 23.3. The fraction of sp³-hybridized carbons (Fsp3) is 0.391. The van der Waals surface area contributed by atoms with Gasteiger partial charge < -0.3 is 15.0 Å². The van der Waals surface area contributed by atoms with Crippen LogP contribution in [0.25, 0.3) is 0 Å². The highest BCUT2D eigenvalue weighted by atomic mass is 16.6. The molecule has 1 N–H and O–H groups in total. The predicted molar refractivity (Wildman–Crippen MR) is 123 cm³/mol. The smallest absolute Gasteiger partial charge is 0.338 e. The van der Waals surface area contributed by atoms with Gasteiger partial charge in [-0.3, -0.25) is 19.7 Å². The predicted octanol–water partition coefficient (Wildman–Crippen LogP) is 2.06. The molecule has 2 amide bonds. The molecule has 11 heteroatoms. The third-order valence-electron chi connectivity index (χ3n) is 5.98. The van der Waals surface area contributed by atoms with E-state index in [1.165, 1.54) is 30.5 Å². The third-order valence-corrected chi connectivity index (χ3v) is 5.98. The number of nitrogens with one attached hydrogen (secondary N) is 1. The number of ether oxygens (including phenoxy) is 1. The van der Waals surface area contributed by atoms with E-state index in [1.807, 2.05) is 4.90 Å². The van der Waals surface area contributed by atoms with Gasteiger partial charge >= 0.3 is 11.7 Å². The van der Waals surface area contributed by atoms with Crippen LogP contribution in [0.2, 0.25) is 0 Å². The van der Waals surface area contributed by atoms with Crippen molar-refractivity contribution in [3.8, 4) is 0 Å². The van der Waals surface area contributed by atoms with Crippen LogP contribution < -0.4 is 15.1 Å². The topological polar surface area (TPSA) is 135 Å². The van der Waals surface area contributed by atoms with Crippen LogP contribution in [-0.4, -0.2) is 59.5 Å². The van der Waals surface area contributed by atoms with E-state index < -0.39 is 16.9 Å². The first-order chi connectivity index (χ1) is 16.4. The molecule has 3 heterocycles. The van der Waals surface area contributed by atoms with Crippen molar-refractivity contribution in [1.82, 2.24) is 10.3 Å². The first-order valence-corrected chi connectivity index (χ1v) is 11.1. The molecule has 11 nitrogen and oxygen atoms in total. The van der Waals surface area contributed by atoms with Gasteiger partial charge in [0.05, 0.1) is 35.2 Å². The molecule has 1 atom stereocenters.